The van der Waals surface area contributed by atoms with Crippen LogP contribution in [-0.4, -0.2) is 27.3 Å². The van der Waals surface area contributed by atoms with Crippen molar-refractivity contribution in [3.05, 3.63) is 29.8 Å². The van der Waals surface area contributed by atoms with Gasteiger partial charge in [0.25, 0.3) is 0 Å². The van der Waals surface area contributed by atoms with Gasteiger partial charge in [0.15, 0.2) is 9.84 Å². The highest BCUT2D eigenvalue weighted by Crippen LogP contribution is 2.16. The van der Waals surface area contributed by atoms with Crippen LogP contribution in [-0.2, 0) is 16.3 Å². The average molecular weight is 297 g/mol. The highest BCUT2D eigenvalue weighted by Gasteiger charge is 2.14. The molecule has 0 heterocycles. The topological polar surface area (TPSA) is 46.2 Å². The van der Waals surface area contributed by atoms with Crippen molar-refractivity contribution in [2.24, 2.45) is 5.92 Å². The number of hydrogen-bond donors (Lipinski definition) is 1. The van der Waals surface area contributed by atoms with Crippen LogP contribution in [0.15, 0.2) is 29.2 Å². The Morgan fingerprint density at radius 1 is 1.15 bits per heavy atom. The van der Waals surface area contributed by atoms with Gasteiger partial charge in [-0.15, -0.1) is 0 Å². The molecule has 20 heavy (non-hydrogen) atoms. The number of likely N-dealkylation sites (N-methyl/N-ethyl adjacent to an activating group) is 1. The Balaban J connectivity index is 2.76. The van der Waals surface area contributed by atoms with E-state index in [-0.39, 0.29) is 5.75 Å². The Morgan fingerprint density at radius 3 is 2.20 bits per heavy atom. The van der Waals surface area contributed by atoms with Gasteiger partial charge < -0.3 is 5.32 Å². The summed E-state index contributed by atoms with van der Waals surface area (Å²) in [5.41, 5.74) is 1.18. The molecule has 1 atom stereocenters. The van der Waals surface area contributed by atoms with Crippen LogP contribution in [0.1, 0.15) is 39.2 Å². The molecule has 0 aliphatic rings. The maximum Gasteiger partial charge on any atom is 0.178 e. The smallest absolute Gasteiger partial charge is 0.178 e. The van der Waals surface area contributed by atoms with Crippen LogP contribution in [0.2, 0.25) is 0 Å². The summed E-state index contributed by atoms with van der Waals surface area (Å²) < 4.78 is 23.9. The molecular weight excluding hydrogens is 270 g/mol. The lowest BCUT2D eigenvalue weighted by Gasteiger charge is -2.18. The van der Waals surface area contributed by atoms with Gasteiger partial charge in [0.1, 0.15) is 0 Å². The van der Waals surface area contributed by atoms with Gasteiger partial charge >= 0.3 is 0 Å². The van der Waals surface area contributed by atoms with Gasteiger partial charge in [-0.05, 0) is 49.9 Å². The molecule has 114 valence electrons. The molecule has 0 aliphatic heterocycles. The van der Waals surface area contributed by atoms with Crippen molar-refractivity contribution in [3.63, 3.8) is 0 Å². The van der Waals surface area contributed by atoms with Gasteiger partial charge in [-0.25, -0.2) is 8.42 Å². The number of sulfone groups is 1. The summed E-state index contributed by atoms with van der Waals surface area (Å²) in [4.78, 5) is 0.438. The van der Waals surface area contributed by atoms with E-state index in [2.05, 4.69) is 19.2 Å². The number of hydrogen-bond acceptors (Lipinski definition) is 3. The van der Waals surface area contributed by atoms with E-state index in [1.807, 2.05) is 26.1 Å². The highest BCUT2D eigenvalue weighted by atomic mass is 32.2. The fourth-order valence-corrected chi connectivity index (χ4v) is 3.70. The molecule has 0 fully saturated rings. The van der Waals surface area contributed by atoms with E-state index in [1.54, 1.807) is 12.1 Å². The third kappa shape index (κ3) is 5.25. The summed E-state index contributed by atoms with van der Waals surface area (Å²) in [7, 11) is -1.12. The Morgan fingerprint density at radius 2 is 1.75 bits per heavy atom. The van der Waals surface area contributed by atoms with Crippen molar-refractivity contribution < 1.29 is 8.42 Å². The molecule has 1 aromatic carbocycles. The zero-order chi connectivity index (χ0) is 15.2. The summed E-state index contributed by atoms with van der Waals surface area (Å²) in [6, 6.07) is 7.79. The Hall–Kier alpha value is -0.870. The van der Waals surface area contributed by atoms with E-state index in [1.165, 1.54) is 5.56 Å². The third-order valence-corrected chi connectivity index (χ3v) is 5.34. The number of benzene rings is 1. The monoisotopic (exact) mass is 297 g/mol. The Bertz CT molecular complexity index is 492. The fourth-order valence-electron chi connectivity index (χ4n) is 2.38. The summed E-state index contributed by atoms with van der Waals surface area (Å²) in [5, 5.41) is 3.33. The zero-order valence-corrected chi connectivity index (χ0v) is 13.8. The van der Waals surface area contributed by atoms with E-state index in [9.17, 15) is 8.42 Å². The lowest BCUT2D eigenvalue weighted by Crippen LogP contribution is -2.29. The fraction of sp³-hybridized carbons (Fsp3) is 0.625. The van der Waals surface area contributed by atoms with Crippen LogP contribution in [0.3, 0.4) is 0 Å². The molecule has 0 aromatic heterocycles. The standard InChI is InChI=1S/C16H27NO2S/c1-5-10-20(18,19)16-8-6-14(7-9-16)12-15(17-4)11-13(2)3/h6-9,13,15,17H,5,10-12H2,1-4H3. The minimum absolute atomic E-state index is 0.221. The maximum absolute atomic E-state index is 12.0. The molecule has 0 saturated heterocycles. The first-order valence-corrected chi connectivity index (χ1v) is 9.03. The van der Waals surface area contributed by atoms with Crippen LogP contribution in [0.4, 0.5) is 0 Å². The van der Waals surface area contributed by atoms with Crippen molar-refractivity contribution in [2.45, 2.75) is 51.0 Å². The largest absolute Gasteiger partial charge is 0.317 e. The van der Waals surface area contributed by atoms with E-state index >= 15 is 0 Å². The summed E-state index contributed by atoms with van der Waals surface area (Å²) in [5.74, 6) is 0.871. The van der Waals surface area contributed by atoms with Gasteiger partial charge in [0, 0.05) is 6.04 Å². The SMILES string of the molecule is CCCS(=O)(=O)c1ccc(CC(CC(C)C)NC)cc1. The molecule has 1 aromatic rings. The van der Waals surface area contributed by atoms with Gasteiger partial charge in [-0.3, -0.25) is 0 Å². The second kappa shape index (κ2) is 7.79. The van der Waals surface area contributed by atoms with E-state index in [0.29, 0.717) is 23.3 Å². The van der Waals surface area contributed by atoms with Crippen molar-refractivity contribution >= 4 is 9.84 Å². The van der Waals surface area contributed by atoms with Crippen LogP contribution in [0.5, 0.6) is 0 Å². The Labute approximate surface area is 123 Å². The first kappa shape index (κ1) is 17.2. The number of rotatable bonds is 8. The molecule has 0 saturated carbocycles. The molecule has 1 unspecified atom stereocenters. The Kier molecular flexibility index (Phi) is 6.69. The quantitative estimate of drug-likeness (QED) is 0.802. The predicted molar refractivity (Wildman–Crippen MR) is 84.8 cm³/mol. The van der Waals surface area contributed by atoms with E-state index in [4.69, 9.17) is 0 Å². The molecule has 0 spiro atoms. The first-order chi connectivity index (χ1) is 9.39. The second-order valence-corrected chi connectivity index (χ2v) is 7.89. The molecule has 0 aliphatic carbocycles. The normalized spacial score (nSPS) is 13.7. The lowest BCUT2D eigenvalue weighted by atomic mass is 9.97. The molecule has 0 radical (unpaired) electrons. The van der Waals surface area contributed by atoms with Crippen molar-refractivity contribution in [1.29, 1.82) is 0 Å². The van der Waals surface area contributed by atoms with Crippen LogP contribution in [0.25, 0.3) is 0 Å². The molecule has 1 N–H and O–H groups in total. The lowest BCUT2D eigenvalue weighted by molar-refractivity contribution is 0.441. The second-order valence-electron chi connectivity index (χ2n) is 5.78. The van der Waals surface area contributed by atoms with Gasteiger partial charge in [0.2, 0.25) is 0 Å². The van der Waals surface area contributed by atoms with E-state index < -0.39 is 9.84 Å². The summed E-state index contributed by atoms with van der Waals surface area (Å²) in [6.07, 6.45) is 2.70. The van der Waals surface area contributed by atoms with Gasteiger partial charge in [0.05, 0.1) is 10.6 Å². The molecule has 1 rings (SSSR count). The molecule has 0 amide bonds. The zero-order valence-electron chi connectivity index (χ0n) is 13.0. The predicted octanol–water partition coefficient (Wildman–Crippen LogP) is 3.05. The van der Waals surface area contributed by atoms with E-state index in [0.717, 1.165) is 12.8 Å². The van der Waals surface area contributed by atoms with Crippen molar-refractivity contribution in [3.8, 4) is 0 Å². The molecular formula is C16H27NO2S. The molecule has 3 nitrogen and oxygen atoms in total. The van der Waals surface area contributed by atoms with Crippen LogP contribution < -0.4 is 5.32 Å². The summed E-state index contributed by atoms with van der Waals surface area (Å²) >= 11 is 0. The molecule has 4 heteroatoms. The highest BCUT2D eigenvalue weighted by molar-refractivity contribution is 7.91. The minimum atomic E-state index is -3.10. The minimum Gasteiger partial charge on any atom is -0.317 e. The van der Waals surface area contributed by atoms with Crippen molar-refractivity contribution in [1.82, 2.24) is 5.32 Å². The van der Waals surface area contributed by atoms with Gasteiger partial charge in [-0.2, -0.15) is 0 Å². The summed E-state index contributed by atoms with van der Waals surface area (Å²) in [6.45, 7) is 6.31. The number of nitrogens with one attached hydrogen (secondary N) is 1. The molecule has 0 bridgehead atoms. The first-order valence-electron chi connectivity index (χ1n) is 7.38. The van der Waals surface area contributed by atoms with Crippen molar-refractivity contribution in [2.75, 3.05) is 12.8 Å². The van der Waals surface area contributed by atoms with Crippen LogP contribution >= 0.6 is 0 Å². The average Bonchev–Trinajstić information content (AvgIpc) is 2.38. The van der Waals surface area contributed by atoms with Gasteiger partial charge in [-0.1, -0.05) is 32.9 Å². The maximum atomic E-state index is 12.0. The van der Waals surface area contributed by atoms with Crippen LogP contribution in [0, 0.1) is 5.92 Å². The third-order valence-electron chi connectivity index (χ3n) is 3.40.